The summed E-state index contributed by atoms with van der Waals surface area (Å²) in [5, 5.41) is 43.7. The van der Waals surface area contributed by atoms with Gasteiger partial charge in [0, 0.05) is 0 Å². The molecule has 5 N–H and O–H groups in total. The van der Waals surface area contributed by atoms with Gasteiger partial charge in [0.1, 0.15) is 12.2 Å². The second-order valence-electron chi connectivity index (χ2n) is 16.1. The number of amides is 1. The van der Waals surface area contributed by atoms with Crippen LogP contribution in [0.25, 0.3) is 0 Å². The highest BCUT2D eigenvalue weighted by Gasteiger charge is 2.28. The van der Waals surface area contributed by atoms with Crippen molar-refractivity contribution in [2.24, 2.45) is 0 Å². The first-order valence-corrected chi connectivity index (χ1v) is 23.5. The van der Waals surface area contributed by atoms with Gasteiger partial charge in [-0.1, -0.05) is 184 Å². The van der Waals surface area contributed by atoms with Crippen molar-refractivity contribution in [3.63, 3.8) is 0 Å². The van der Waals surface area contributed by atoms with Crippen molar-refractivity contribution >= 4 is 5.91 Å². The summed E-state index contributed by atoms with van der Waals surface area (Å²) in [5.74, 6) is -0.605. The van der Waals surface area contributed by atoms with Gasteiger partial charge in [-0.2, -0.15) is 0 Å². The lowest BCUT2D eigenvalue weighted by atomic mass is 10.00. The lowest BCUT2D eigenvalue weighted by Crippen LogP contribution is -2.53. The first kappa shape index (κ1) is 53.3. The summed E-state index contributed by atoms with van der Waals surface area (Å²) in [6.07, 6.45) is 52.9. The molecule has 0 fully saturated rings. The molecule has 6 heteroatoms. The van der Waals surface area contributed by atoms with Crippen LogP contribution >= 0.6 is 0 Å². The third kappa shape index (κ3) is 37.6. The Hall–Kier alpha value is -1.73. The van der Waals surface area contributed by atoms with Gasteiger partial charge in [0.05, 0.1) is 18.8 Å². The molecule has 4 unspecified atom stereocenters. The predicted molar refractivity (Wildman–Crippen MR) is 237 cm³/mol. The first-order chi connectivity index (χ1) is 27.0. The van der Waals surface area contributed by atoms with Crippen LogP contribution in [0.1, 0.15) is 226 Å². The summed E-state index contributed by atoms with van der Waals surface area (Å²) < 4.78 is 0. The van der Waals surface area contributed by atoms with E-state index in [1.165, 1.54) is 128 Å². The number of carbonyl (C=O) groups is 1. The number of hydrogen-bond donors (Lipinski definition) is 5. The highest BCUT2D eigenvalue weighted by molar-refractivity contribution is 5.80. The van der Waals surface area contributed by atoms with E-state index in [0.29, 0.717) is 19.3 Å². The van der Waals surface area contributed by atoms with Gasteiger partial charge >= 0.3 is 0 Å². The number of aliphatic hydroxyl groups excluding tert-OH is 4. The van der Waals surface area contributed by atoms with E-state index < -0.39 is 36.9 Å². The minimum Gasteiger partial charge on any atom is -0.394 e. The Morgan fingerprint density at radius 2 is 0.764 bits per heavy atom. The summed E-state index contributed by atoms with van der Waals surface area (Å²) in [5.41, 5.74) is 0. The number of hydrogen-bond acceptors (Lipinski definition) is 5. The Morgan fingerprint density at radius 3 is 1.15 bits per heavy atom. The minimum atomic E-state index is -1.30. The smallest absolute Gasteiger partial charge is 0.249 e. The molecule has 0 spiro atoms. The second kappa shape index (κ2) is 43.4. The van der Waals surface area contributed by atoms with Crippen molar-refractivity contribution in [3.05, 3.63) is 48.6 Å². The molecule has 0 aromatic rings. The molecular formula is C49H91NO5. The maximum atomic E-state index is 12.5. The van der Waals surface area contributed by atoms with Crippen LogP contribution in [-0.2, 0) is 4.79 Å². The van der Waals surface area contributed by atoms with Crippen LogP contribution in [-0.4, -0.2) is 57.3 Å². The monoisotopic (exact) mass is 774 g/mol. The predicted octanol–water partition coefficient (Wildman–Crippen LogP) is 12.7. The fourth-order valence-electron chi connectivity index (χ4n) is 6.96. The third-order valence-corrected chi connectivity index (χ3v) is 10.7. The second-order valence-corrected chi connectivity index (χ2v) is 16.1. The Balaban J connectivity index is 3.80. The zero-order valence-electron chi connectivity index (χ0n) is 36.2. The van der Waals surface area contributed by atoms with Gasteiger partial charge in [-0.3, -0.25) is 4.79 Å². The quantitative estimate of drug-likeness (QED) is 0.0313. The van der Waals surface area contributed by atoms with E-state index in [1.54, 1.807) is 0 Å². The zero-order valence-corrected chi connectivity index (χ0v) is 36.2. The van der Waals surface area contributed by atoms with Crippen LogP contribution in [0.5, 0.6) is 0 Å². The van der Waals surface area contributed by atoms with Crippen LogP contribution in [0.3, 0.4) is 0 Å². The minimum absolute atomic E-state index is 0.350. The molecule has 0 aromatic carbocycles. The number of unbranched alkanes of at least 4 members (excludes halogenated alkanes) is 25. The largest absolute Gasteiger partial charge is 0.394 e. The van der Waals surface area contributed by atoms with Crippen molar-refractivity contribution in [1.82, 2.24) is 5.32 Å². The van der Waals surface area contributed by atoms with Crippen molar-refractivity contribution < 1.29 is 25.2 Å². The molecule has 0 aromatic heterocycles. The summed E-state index contributed by atoms with van der Waals surface area (Å²) in [4.78, 5) is 12.5. The molecule has 4 atom stereocenters. The van der Waals surface area contributed by atoms with Crippen molar-refractivity contribution in [2.75, 3.05) is 6.61 Å². The van der Waals surface area contributed by atoms with Gasteiger partial charge in [-0.15, -0.1) is 0 Å². The molecule has 0 heterocycles. The summed E-state index contributed by atoms with van der Waals surface area (Å²) in [7, 11) is 0. The topological polar surface area (TPSA) is 110 Å². The number of rotatable bonds is 42. The number of allylic oxidation sites excluding steroid dienone is 8. The molecule has 55 heavy (non-hydrogen) atoms. The first-order valence-electron chi connectivity index (χ1n) is 23.5. The van der Waals surface area contributed by atoms with Gasteiger partial charge in [0.25, 0.3) is 0 Å². The van der Waals surface area contributed by atoms with Crippen LogP contribution < -0.4 is 5.32 Å². The van der Waals surface area contributed by atoms with Gasteiger partial charge < -0.3 is 25.7 Å². The standard InChI is InChI=1S/C49H91NO5/c1-3-5-7-9-11-13-15-17-19-21-23-24-25-27-29-31-33-35-37-39-41-43-47(53)49(55)50-45(44-51)48(54)46(52)42-40-38-36-34-32-30-28-26-22-20-18-16-14-12-10-8-6-4-2/h16,18,25-28,34,36,45-48,51-54H,3-15,17,19-24,29-33,35,37-44H2,1-2H3,(H,50,55)/b18-16+,27-25-,28-26+,36-34+. The molecule has 0 rings (SSSR count). The van der Waals surface area contributed by atoms with Crippen molar-refractivity contribution in [1.29, 1.82) is 0 Å². The van der Waals surface area contributed by atoms with E-state index in [4.69, 9.17) is 0 Å². The third-order valence-electron chi connectivity index (χ3n) is 10.7. The van der Waals surface area contributed by atoms with Gasteiger partial charge in [0.15, 0.2) is 0 Å². The SMILES string of the molecule is CCCCCCC/C=C/CC/C=C/CC/C=C/CCCC(O)C(O)C(CO)NC(=O)C(O)CCCCCCCC/C=C\CCCCCCCCCCCCC. The average molecular weight is 774 g/mol. The fraction of sp³-hybridized carbons (Fsp3) is 0.816. The van der Waals surface area contributed by atoms with Crippen LogP contribution in [0.2, 0.25) is 0 Å². The fourth-order valence-corrected chi connectivity index (χ4v) is 6.96. The number of carbonyl (C=O) groups excluding carboxylic acids is 1. The molecule has 0 saturated carbocycles. The van der Waals surface area contributed by atoms with Gasteiger partial charge in [0.2, 0.25) is 5.91 Å². The lowest BCUT2D eigenvalue weighted by Gasteiger charge is -2.27. The van der Waals surface area contributed by atoms with E-state index >= 15 is 0 Å². The summed E-state index contributed by atoms with van der Waals surface area (Å²) in [6.45, 7) is 4.02. The van der Waals surface area contributed by atoms with Gasteiger partial charge in [-0.25, -0.2) is 0 Å². The average Bonchev–Trinajstić information content (AvgIpc) is 3.19. The molecule has 0 radical (unpaired) electrons. The maximum absolute atomic E-state index is 12.5. The maximum Gasteiger partial charge on any atom is 0.249 e. The highest BCUT2D eigenvalue weighted by atomic mass is 16.3. The molecular weight excluding hydrogens is 683 g/mol. The normalized spacial score (nSPS) is 14.5. The molecule has 0 aliphatic rings. The van der Waals surface area contributed by atoms with Gasteiger partial charge in [-0.05, 0) is 89.9 Å². The number of aliphatic hydroxyl groups is 4. The number of nitrogens with one attached hydrogen (secondary N) is 1. The summed E-state index contributed by atoms with van der Waals surface area (Å²) in [6, 6.07) is -1.01. The van der Waals surface area contributed by atoms with Crippen molar-refractivity contribution in [2.45, 2.75) is 250 Å². The lowest BCUT2D eigenvalue weighted by molar-refractivity contribution is -0.132. The summed E-state index contributed by atoms with van der Waals surface area (Å²) >= 11 is 0. The molecule has 1 amide bonds. The Kier molecular flexibility index (Phi) is 42.0. The Morgan fingerprint density at radius 1 is 0.436 bits per heavy atom. The van der Waals surface area contributed by atoms with Crippen molar-refractivity contribution in [3.8, 4) is 0 Å². The molecule has 0 saturated heterocycles. The van der Waals surface area contributed by atoms with E-state index in [9.17, 15) is 25.2 Å². The van der Waals surface area contributed by atoms with Crippen LogP contribution in [0.4, 0.5) is 0 Å². The van der Waals surface area contributed by atoms with E-state index in [-0.39, 0.29) is 0 Å². The Bertz CT molecular complexity index is 915. The zero-order chi connectivity index (χ0) is 40.3. The molecule has 0 bridgehead atoms. The van der Waals surface area contributed by atoms with Crippen LogP contribution in [0, 0.1) is 0 Å². The molecule has 0 aliphatic heterocycles. The molecule has 322 valence electrons. The van der Waals surface area contributed by atoms with E-state index in [1.807, 2.05) is 0 Å². The van der Waals surface area contributed by atoms with E-state index in [0.717, 1.165) is 64.2 Å². The Labute approximate surface area is 340 Å². The molecule has 6 nitrogen and oxygen atoms in total. The van der Waals surface area contributed by atoms with Crippen LogP contribution in [0.15, 0.2) is 48.6 Å². The highest BCUT2D eigenvalue weighted by Crippen LogP contribution is 2.15. The molecule has 0 aliphatic carbocycles. The van der Waals surface area contributed by atoms with E-state index in [2.05, 4.69) is 67.8 Å².